The van der Waals surface area contributed by atoms with E-state index in [2.05, 4.69) is 143 Å². The van der Waals surface area contributed by atoms with Crippen molar-refractivity contribution >= 4 is 123 Å². The third-order valence-electron chi connectivity index (χ3n) is 11.3. The van der Waals surface area contributed by atoms with Gasteiger partial charge in [0.25, 0.3) is 0 Å². The third kappa shape index (κ3) is 3.28. The SMILES string of the molecule is c1ccc(-n2c3cccc4oc5cccc6oc7c8c(cc2c7p(c56)c43)cc2c3c8oc4cccc5oc6cccc(c6p3c54)n2-c2ccccc2)cc1. The van der Waals surface area contributed by atoms with Gasteiger partial charge in [0.1, 0.15) is 33.5 Å². The molecule has 252 valence electrons. The van der Waals surface area contributed by atoms with E-state index in [9.17, 15) is 0 Å². The molecule has 6 aromatic heterocycles. The molecule has 0 saturated carbocycles. The first-order valence-electron chi connectivity index (χ1n) is 18.0. The first-order valence-corrected chi connectivity index (χ1v) is 20.7. The molecular formula is C46H24N2O4P2. The normalized spacial score (nSPS) is 13.5. The van der Waals surface area contributed by atoms with Crippen LogP contribution >= 0.6 is 14.7 Å². The minimum Gasteiger partial charge on any atom is -0.455 e. The summed E-state index contributed by atoms with van der Waals surface area (Å²) in [6.07, 6.45) is 0. The van der Waals surface area contributed by atoms with Gasteiger partial charge in [-0.3, -0.25) is 0 Å². The topological polar surface area (TPSA) is 62.4 Å². The number of fused-ring (bicyclic) bond motifs is 3. The van der Waals surface area contributed by atoms with Crippen LogP contribution in [0.1, 0.15) is 0 Å². The zero-order chi connectivity index (χ0) is 34.8. The van der Waals surface area contributed by atoms with Crippen molar-refractivity contribution in [2.45, 2.75) is 0 Å². The molecule has 0 N–H and O–H groups in total. The molecule has 14 aromatic rings. The third-order valence-corrected chi connectivity index (χ3v) is 16.6. The Hall–Kier alpha value is -6.58. The molecule has 0 aliphatic heterocycles. The van der Waals surface area contributed by atoms with Gasteiger partial charge in [-0.1, -0.05) is 75.3 Å². The van der Waals surface area contributed by atoms with Gasteiger partial charge >= 0.3 is 0 Å². The Morgan fingerprint density at radius 3 is 1.17 bits per heavy atom. The van der Waals surface area contributed by atoms with E-state index >= 15 is 0 Å². The molecule has 0 aliphatic carbocycles. The van der Waals surface area contributed by atoms with Crippen LogP contribution in [-0.2, 0) is 0 Å². The summed E-state index contributed by atoms with van der Waals surface area (Å²) < 4.78 is 32.6. The van der Waals surface area contributed by atoms with Gasteiger partial charge in [-0.2, -0.15) is 0 Å². The number of benzene rings is 8. The van der Waals surface area contributed by atoms with Crippen LogP contribution in [-0.4, -0.2) is 9.13 Å². The zero-order valence-corrected chi connectivity index (χ0v) is 30.1. The Balaban J connectivity index is 1.34. The van der Waals surface area contributed by atoms with Gasteiger partial charge in [-0.25, -0.2) is 0 Å². The molecule has 6 nitrogen and oxygen atoms in total. The highest BCUT2D eigenvalue weighted by Crippen LogP contribution is 2.60. The van der Waals surface area contributed by atoms with E-state index in [-0.39, 0.29) is 0 Å². The predicted molar refractivity (Wildman–Crippen MR) is 223 cm³/mol. The van der Waals surface area contributed by atoms with Crippen molar-refractivity contribution in [3.8, 4) is 11.4 Å². The quantitative estimate of drug-likeness (QED) is 0.131. The van der Waals surface area contributed by atoms with Gasteiger partial charge in [-0.15, -0.1) is 0 Å². The second-order valence-electron chi connectivity index (χ2n) is 14.1. The smallest absolute Gasteiger partial charge is 0.152 e. The second-order valence-corrected chi connectivity index (χ2v) is 18.1. The summed E-state index contributed by atoms with van der Waals surface area (Å²) >= 11 is 0. The van der Waals surface area contributed by atoms with Gasteiger partial charge in [0.15, 0.2) is 11.2 Å². The molecule has 54 heavy (non-hydrogen) atoms. The number of para-hydroxylation sites is 2. The van der Waals surface area contributed by atoms with Crippen LogP contribution in [0.15, 0.2) is 163 Å². The molecule has 0 fully saturated rings. The van der Waals surface area contributed by atoms with E-state index in [1.165, 1.54) is 20.5 Å². The first-order chi connectivity index (χ1) is 26.8. The number of nitrogens with zero attached hydrogens (tertiary/aromatic N) is 2. The van der Waals surface area contributed by atoms with E-state index in [4.69, 9.17) is 17.7 Å². The summed E-state index contributed by atoms with van der Waals surface area (Å²) in [5, 5.41) is 9.17. The second kappa shape index (κ2) is 9.69. The molecule has 0 aliphatic rings. The van der Waals surface area contributed by atoms with Crippen molar-refractivity contribution in [2.75, 3.05) is 0 Å². The van der Waals surface area contributed by atoms with Gasteiger partial charge in [0.2, 0.25) is 0 Å². The minimum atomic E-state index is -1.02. The highest BCUT2D eigenvalue weighted by Gasteiger charge is 2.28. The molecule has 0 spiro atoms. The largest absolute Gasteiger partial charge is 0.455 e. The highest BCUT2D eigenvalue weighted by atomic mass is 31.1. The van der Waals surface area contributed by atoms with Crippen LogP contribution in [0.25, 0.3) is 120 Å². The van der Waals surface area contributed by atoms with Crippen LogP contribution in [0.5, 0.6) is 0 Å². The van der Waals surface area contributed by atoms with Crippen LogP contribution < -0.4 is 0 Å². The molecule has 0 amide bonds. The number of hydrogen-bond acceptors (Lipinski definition) is 4. The van der Waals surface area contributed by atoms with Crippen molar-refractivity contribution in [3.63, 3.8) is 0 Å². The first kappa shape index (κ1) is 28.0. The lowest BCUT2D eigenvalue weighted by atomic mass is 10.1. The summed E-state index contributed by atoms with van der Waals surface area (Å²) in [4.78, 5) is 0. The molecule has 0 saturated heterocycles. The van der Waals surface area contributed by atoms with Crippen LogP contribution in [0.2, 0.25) is 0 Å². The average molecular weight is 731 g/mol. The van der Waals surface area contributed by atoms with Crippen LogP contribution in [0.3, 0.4) is 0 Å². The molecule has 6 heterocycles. The Kier molecular flexibility index (Phi) is 5.02. The van der Waals surface area contributed by atoms with Crippen molar-refractivity contribution in [1.29, 1.82) is 0 Å². The number of aromatic nitrogens is 2. The Morgan fingerprint density at radius 2 is 0.722 bits per heavy atom. The molecule has 14 rings (SSSR count). The Labute approximate surface area is 305 Å². The van der Waals surface area contributed by atoms with E-state index in [0.29, 0.717) is 0 Å². The van der Waals surface area contributed by atoms with Crippen LogP contribution in [0.4, 0.5) is 0 Å². The van der Waals surface area contributed by atoms with E-state index in [1.807, 2.05) is 12.1 Å². The van der Waals surface area contributed by atoms with E-state index in [1.54, 1.807) is 0 Å². The lowest BCUT2D eigenvalue weighted by molar-refractivity contribution is 0.648. The molecule has 0 radical (unpaired) electrons. The fourth-order valence-corrected chi connectivity index (χ4v) is 15.0. The highest BCUT2D eigenvalue weighted by molar-refractivity contribution is 7.64. The van der Waals surface area contributed by atoms with Crippen molar-refractivity contribution in [2.24, 2.45) is 0 Å². The lowest BCUT2D eigenvalue weighted by Gasteiger charge is -2.24. The van der Waals surface area contributed by atoms with Gasteiger partial charge in [0, 0.05) is 11.4 Å². The molecule has 2 atom stereocenters. The summed E-state index contributed by atoms with van der Waals surface area (Å²) in [5.74, 6) is 0. The van der Waals surface area contributed by atoms with Crippen molar-refractivity contribution < 1.29 is 17.7 Å². The summed E-state index contributed by atoms with van der Waals surface area (Å²) in [5.41, 5.74) is 13.7. The van der Waals surface area contributed by atoms with E-state index in [0.717, 1.165) is 99.1 Å². The number of rotatable bonds is 2. The maximum absolute atomic E-state index is 7.24. The van der Waals surface area contributed by atoms with Crippen molar-refractivity contribution in [3.05, 3.63) is 146 Å². The maximum atomic E-state index is 7.24. The summed E-state index contributed by atoms with van der Waals surface area (Å²) in [6, 6.07) is 51.4. The monoisotopic (exact) mass is 730 g/mol. The lowest BCUT2D eigenvalue weighted by Crippen LogP contribution is -2.02. The molecule has 0 bridgehead atoms. The summed E-state index contributed by atoms with van der Waals surface area (Å²) in [7, 11) is -2.05. The molecular weight excluding hydrogens is 706 g/mol. The predicted octanol–water partition coefficient (Wildman–Crippen LogP) is 14.9. The van der Waals surface area contributed by atoms with Gasteiger partial charge in [-0.05, 0) is 90.3 Å². The fourth-order valence-electron chi connectivity index (χ4n) is 9.29. The van der Waals surface area contributed by atoms with E-state index < -0.39 is 14.7 Å². The van der Waals surface area contributed by atoms with Gasteiger partial charge < -0.3 is 26.8 Å². The Bertz CT molecular complexity index is 3650. The average Bonchev–Trinajstić information content (AvgIpc) is 3.21. The van der Waals surface area contributed by atoms with Crippen LogP contribution in [0, 0.1) is 0 Å². The number of hydrogen-bond donors (Lipinski definition) is 0. The minimum absolute atomic E-state index is 0.844. The fraction of sp³-hybridized carbons (Fsp3) is 0. The van der Waals surface area contributed by atoms with Gasteiger partial charge in [0.05, 0.1) is 58.2 Å². The maximum Gasteiger partial charge on any atom is 0.152 e. The van der Waals surface area contributed by atoms with Crippen molar-refractivity contribution in [1.82, 2.24) is 9.13 Å². The molecule has 8 aromatic carbocycles. The molecule has 8 heteroatoms. The Morgan fingerprint density at radius 1 is 0.333 bits per heavy atom. The zero-order valence-electron chi connectivity index (χ0n) is 28.3. The standard InChI is InChI=1S/C46H24N2O4P2/c1-3-11-26(12-4-1)47-28-15-7-17-32-41(28)53-43-30(47)23-25-24-31-44-40(38(25)39(43)51-36-21-9-19-34(49-32)45(36)53)52-37-22-10-20-35-46(37)54(44)42-29(16-8-18-33(42)50-35)48(31)27-13-5-2-6-14-27/h1-24H. The molecule has 2 unspecified atom stereocenters. The summed E-state index contributed by atoms with van der Waals surface area (Å²) in [6.45, 7) is 0.